The molecule has 1 N–H and O–H groups in total. The van der Waals surface area contributed by atoms with Gasteiger partial charge < -0.3 is 9.64 Å². The molecule has 1 fully saturated rings. The third-order valence-electron chi connectivity index (χ3n) is 6.10. The van der Waals surface area contributed by atoms with Gasteiger partial charge in [0.15, 0.2) is 5.75 Å². The van der Waals surface area contributed by atoms with Crippen molar-refractivity contribution in [2.45, 2.75) is 29.2 Å². The normalized spacial score (nSPS) is 16.6. The maximum atomic E-state index is 9.88. The van der Waals surface area contributed by atoms with Crippen molar-refractivity contribution < 1.29 is 4.74 Å². The van der Waals surface area contributed by atoms with E-state index in [9.17, 15) is 5.26 Å². The van der Waals surface area contributed by atoms with Crippen LogP contribution in [0.2, 0.25) is 0 Å². The molecule has 6 nitrogen and oxygen atoms in total. The lowest BCUT2D eigenvalue weighted by Crippen LogP contribution is -2.30. The van der Waals surface area contributed by atoms with Crippen LogP contribution in [0.3, 0.4) is 0 Å². The van der Waals surface area contributed by atoms with Crippen LogP contribution in [0.5, 0.6) is 11.5 Å². The number of aromatic nitrogens is 2. The molecule has 2 aromatic heterocycles. The quantitative estimate of drug-likeness (QED) is 0.231. The van der Waals surface area contributed by atoms with Crippen molar-refractivity contribution in [3.05, 3.63) is 88.4 Å². The van der Waals surface area contributed by atoms with E-state index in [0.29, 0.717) is 23.0 Å². The number of hydrogen-bond donors (Lipinski definition) is 1. The number of nitriles is 1. The molecule has 2 aliphatic rings. The number of rotatable bonds is 8. The Morgan fingerprint density at radius 2 is 1.97 bits per heavy atom. The number of hydrogen-bond acceptors (Lipinski definition) is 9. The van der Waals surface area contributed by atoms with Gasteiger partial charge in [0.25, 0.3) is 0 Å². The monoisotopic (exact) mass is 541 g/mol. The average Bonchev–Trinajstić information content (AvgIpc) is 3.53. The van der Waals surface area contributed by atoms with Gasteiger partial charge in [-0.25, -0.2) is 9.71 Å². The molecule has 4 aromatic rings. The number of thioether (sulfide) groups is 1. The highest BCUT2D eigenvalue weighted by atomic mass is 32.2. The summed E-state index contributed by atoms with van der Waals surface area (Å²) in [7, 11) is 2.02. The number of nitrogens with zero attached hydrogens (tertiary/aromatic N) is 4. The molecule has 0 bridgehead atoms. The summed E-state index contributed by atoms with van der Waals surface area (Å²) in [6, 6.07) is 20.0. The van der Waals surface area contributed by atoms with Gasteiger partial charge in [0.2, 0.25) is 0 Å². The Hall–Kier alpha value is -3.29. The molecule has 0 spiro atoms. The highest BCUT2D eigenvalue weighted by molar-refractivity contribution is 8.04. The molecule has 1 saturated carbocycles. The van der Waals surface area contributed by atoms with Crippen LogP contribution in [0, 0.1) is 11.3 Å². The first-order valence-corrected chi connectivity index (χ1v) is 14.5. The predicted octanol–water partition coefficient (Wildman–Crippen LogP) is 7.44. The minimum Gasteiger partial charge on any atom is -0.454 e. The Balaban J connectivity index is 1.29. The molecule has 3 heterocycles. The maximum Gasteiger partial charge on any atom is 0.155 e. The summed E-state index contributed by atoms with van der Waals surface area (Å²) in [5, 5.41) is 15.2. The van der Waals surface area contributed by atoms with Gasteiger partial charge in [-0.1, -0.05) is 42.1 Å². The van der Waals surface area contributed by atoms with Crippen molar-refractivity contribution in [2.75, 3.05) is 7.05 Å². The fourth-order valence-electron chi connectivity index (χ4n) is 3.90. The predicted molar refractivity (Wildman–Crippen MR) is 151 cm³/mol. The van der Waals surface area contributed by atoms with Gasteiger partial charge in [-0.05, 0) is 54.5 Å². The van der Waals surface area contributed by atoms with Gasteiger partial charge in [-0.3, -0.25) is 4.98 Å². The molecule has 37 heavy (non-hydrogen) atoms. The van der Waals surface area contributed by atoms with Crippen LogP contribution < -0.4 is 9.46 Å². The molecule has 184 valence electrons. The average molecular weight is 542 g/mol. The lowest BCUT2D eigenvalue weighted by Gasteiger charge is -2.20. The second-order valence-corrected chi connectivity index (χ2v) is 11.6. The largest absolute Gasteiger partial charge is 0.454 e. The Kier molecular flexibility index (Phi) is 6.89. The maximum absolute atomic E-state index is 9.88. The molecule has 0 amide bonds. The second-order valence-electron chi connectivity index (χ2n) is 8.81. The molecule has 1 unspecified atom stereocenters. The zero-order chi connectivity index (χ0) is 25.2. The Morgan fingerprint density at radius 1 is 1.11 bits per heavy atom. The standard InChI is InChI=1S/C28H23N5OS3/c1-33-11-12-35-28(33)32-37-21-9-10-25(20(13-21)15-29)34-26-16-30-23(18-5-3-2-4-6-18)14-22(26)24-17-36-27(31-24)19-7-8-19/h2-6,9-14,16-17,19,28,32H,7-8H2,1H3. The van der Waals surface area contributed by atoms with Crippen LogP contribution in [-0.2, 0) is 0 Å². The number of benzene rings is 2. The van der Waals surface area contributed by atoms with Crippen LogP contribution in [0.1, 0.15) is 29.3 Å². The number of ether oxygens (including phenoxy) is 1. The highest BCUT2D eigenvalue weighted by Gasteiger charge is 2.27. The molecule has 2 aromatic carbocycles. The zero-order valence-corrected chi connectivity index (χ0v) is 22.4. The molecule has 6 rings (SSSR count). The SMILES string of the molecule is CN1C=CSC1NSc1ccc(Oc2cnc(-c3ccccc3)cc2-c2csc(C3CC3)n2)c(C#N)c1. The Labute approximate surface area is 228 Å². The Bertz CT molecular complexity index is 1490. The van der Waals surface area contributed by atoms with E-state index in [-0.39, 0.29) is 5.50 Å². The summed E-state index contributed by atoms with van der Waals surface area (Å²) in [6.07, 6.45) is 6.18. The van der Waals surface area contributed by atoms with Crippen molar-refractivity contribution in [3.63, 3.8) is 0 Å². The molecule has 1 atom stereocenters. The van der Waals surface area contributed by atoms with E-state index >= 15 is 0 Å². The fraction of sp³-hybridized carbons (Fsp3) is 0.179. The number of thiazole rings is 1. The first kappa shape index (κ1) is 24.1. The van der Waals surface area contributed by atoms with Crippen molar-refractivity contribution >= 4 is 35.0 Å². The zero-order valence-electron chi connectivity index (χ0n) is 20.0. The summed E-state index contributed by atoms with van der Waals surface area (Å²) in [6.45, 7) is 0. The molecule has 0 saturated heterocycles. The van der Waals surface area contributed by atoms with Crippen LogP contribution in [0.4, 0.5) is 0 Å². The van der Waals surface area contributed by atoms with Crippen LogP contribution in [0.15, 0.2) is 82.7 Å². The first-order chi connectivity index (χ1) is 18.2. The van der Waals surface area contributed by atoms with Crippen LogP contribution in [0.25, 0.3) is 22.5 Å². The molecule has 0 radical (unpaired) electrons. The van der Waals surface area contributed by atoms with E-state index in [1.165, 1.54) is 29.8 Å². The van der Waals surface area contributed by atoms with E-state index in [2.05, 4.69) is 31.5 Å². The van der Waals surface area contributed by atoms with E-state index in [0.717, 1.165) is 27.4 Å². The first-order valence-electron chi connectivity index (χ1n) is 11.9. The van der Waals surface area contributed by atoms with Gasteiger partial charge in [0, 0.05) is 40.6 Å². The topological polar surface area (TPSA) is 74.1 Å². The molecule has 9 heteroatoms. The van der Waals surface area contributed by atoms with Gasteiger partial charge in [0.05, 0.1) is 28.2 Å². The summed E-state index contributed by atoms with van der Waals surface area (Å²) >= 11 is 4.90. The van der Waals surface area contributed by atoms with Gasteiger partial charge in [-0.2, -0.15) is 5.26 Å². The minimum atomic E-state index is 0.155. The second kappa shape index (κ2) is 10.6. The lowest BCUT2D eigenvalue weighted by atomic mass is 10.1. The van der Waals surface area contributed by atoms with Crippen molar-refractivity contribution in [2.24, 2.45) is 0 Å². The van der Waals surface area contributed by atoms with Crippen LogP contribution >= 0.6 is 35.0 Å². The fourth-order valence-corrected chi connectivity index (χ4v) is 6.64. The summed E-state index contributed by atoms with van der Waals surface area (Å²) in [4.78, 5) is 12.6. The molecular weight excluding hydrogens is 519 g/mol. The van der Waals surface area contributed by atoms with Crippen molar-refractivity contribution in [1.29, 1.82) is 5.26 Å². The third-order valence-corrected chi connectivity index (χ3v) is 9.08. The van der Waals surface area contributed by atoms with E-state index in [1.54, 1.807) is 29.3 Å². The lowest BCUT2D eigenvalue weighted by molar-refractivity contribution is 0.428. The molecular formula is C28H23N5OS3. The smallest absolute Gasteiger partial charge is 0.155 e. The van der Waals surface area contributed by atoms with Crippen molar-refractivity contribution in [1.82, 2.24) is 19.6 Å². The van der Waals surface area contributed by atoms with E-state index in [1.807, 2.05) is 67.8 Å². The van der Waals surface area contributed by atoms with E-state index in [4.69, 9.17) is 9.72 Å². The molecule has 1 aliphatic heterocycles. The molecule has 1 aliphatic carbocycles. The number of nitrogens with one attached hydrogen (secondary N) is 1. The van der Waals surface area contributed by atoms with Crippen molar-refractivity contribution in [3.8, 4) is 40.1 Å². The van der Waals surface area contributed by atoms with Gasteiger partial charge in [0.1, 0.15) is 17.3 Å². The summed E-state index contributed by atoms with van der Waals surface area (Å²) < 4.78 is 9.75. The highest BCUT2D eigenvalue weighted by Crippen LogP contribution is 2.44. The number of pyridine rings is 1. The minimum absolute atomic E-state index is 0.155. The van der Waals surface area contributed by atoms with Crippen LogP contribution in [-0.4, -0.2) is 27.4 Å². The summed E-state index contributed by atoms with van der Waals surface area (Å²) in [5.41, 5.74) is 4.25. The van der Waals surface area contributed by atoms with Gasteiger partial charge >= 0.3 is 0 Å². The third kappa shape index (κ3) is 5.38. The summed E-state index contributed by atoms with van der Waals surface area (Å²) in [5.74, 6) is 1.66. The Morgan fingerprint density at radius 3 is 2.73 bits per heavy atom. The van der Waals surface area contributed by atoms with Gasteiger partial charge in [-0.15, -0.1) is 11.3 Å². The van der Waals surface area contributed by atoms with E-state index < -0.39 is 0 Å².